The van der Waals surface area contributed by atoms with Crippen molar-refractivity contribution in [1.29, 1.82) is 0 Å². The van der Waals surface area contributed by atoms with Crippen LogP contribution >= 0.6 is 0 Å². The minimum atomic E-state index is 0.442. The zero-order chi connectivity index (χ0) is 12.1. The van der Waals surface area contributed by atoms with Gasteiger partial charge in [-0.15, -0.1) is 0 Å². The predicted molar refractivity (Wildman–Crippen MR) is 68.6 cm³/mol. The minimum absolute atomic E-state index is 0.442. The zero-order valence-electron chi connectivity index (χ0n) is 10.4. The van der Waals surface area contributed by atoms with E-state index in [1.807, 2.05) is 12.1 Å². The molecule has 17 heavy (non-hydrogen) atoms. The Kier molecular flexibility index (Phi) is 4.34. The Labute approximate surface area is 103 Å². The molecule has 2 rings (SSSR count). The molecule has 1 aromatic heterocycles. The summed E-state index contributed by atoms with van der Waals surface area (Å²) in [6.07, 6.45) is 4.47. The molecule has 1 fully saturated rings. The van der Waals surface area contributed by atoms with Gasteiger partial charge in [-0.05, 0) is 31.9 Å². The number of piperidine rings is 1. The van der Waals surface area contributed by atoms with Gasteiger partial charge < -0.3 is 10.5 Å². The van der Waals surface area contributed by atoms with E-state index in [2.05, 4.69) is 16.8 Å². The monoisotopic (exact) mass is 235 g/mol. The fraction of sp³-hybridized carbons (Fsp3) is 0.615. The topological polar surface area (TPSA) is 51.4 Å². The number of nitrogen functional groups attached to an aromatic ring is 1. The van der Waals surface area contributed by atoms with E-state index in [1.54, 1.807) is 6.20 Å². The van der Waals surface area contributed by atoms with Gasteiger partial charge >= 0.3 is 0 Å². The number of pyridine rings is 1. The van der Waals surface area contributed by atoms with Crippen LogP contribution in [0.15, 0.2) is 18.3 Å². The molecule has 2 heterocycles. The Morgan fingerprint density at radius 1 is 1.47 bits per heavy atom. The van der Waals surface area contributed by atoms with Gasteiger partial charge in [-0.2, -0.15) is 0 Å². The van der Waals surface area contributed by atoms with Crippen LogP contribution in [0.2, 0.25) is 0 Å². The zero-order valence-corrected chi connectivity index (χ0v) is 10.4. The highest BCUT2D eigenvalue weighted by Gasteiger charge is 2.19. The first-order chi connectivity index (χ1) is 8.29. The van der Waals surface area contributed by atoms with Crippen LogP contribution in [-0.4, -0.2) is 35.7 Å². The molecule has 0 aromatic carbocycles. The smallest absolute Gasteiger partial charge is 0.0772 e. The van der Waals surface area contributed by atoms with Gasteiger partial charge in [0.15, 0.2) is 0 Å². The second-order valence-electron chi connectivity index (χ2n) is 4.47. The van der Waals surface area contributed by atoms with Crippen molar-refractivity contribution in [1.82, 2.24) is 9.88 Å². The SMILES string of the molecule is CCOC1CCN(Cc2ncccc2N)CC1. The van der Waals surface area contributed by atoms with Gasteiger partial charge in [-0.3, -0.25) is 9.88 Å². The molecule has 1 aliphatic rings. The van der Waals surface area contributed by atoms with E-state index in [-0.39, 0.29) is 0 Å². The van der Waals surface area contributed by atoms with Crippen LogP contribution < -0.4 is 5.73 Å². The second-order valence-corrected chi connectivity index (χ2v) is 4.47. The molecule has 0 spiro atoms. The number of ether oxygens (including phenoxy) is 1. The van der Waals surface area contributed by atoms with Gasteiger partial charge in [-0.1, -0.05) is 0 Å². The molecule has 0 saturated carbocycles. The first-order valence-corrected chi connectivity index (χ1v) is 6.33. The molecule has 0 atom stereocenters. The van der Waals surface area contributed by atoms with Crippen LogP contribution in [0.3, 0.4) is 0 Å². The number of hydrogen-bond donors (Lipinski definition) is 1. The normalized spacial score (nSPS) is 18.4. The van der Waals surface area contributed by atoms with Crippen molar-refractivity contribution < 1.29 is 4.74 Å². The minimum Gasteiger partial charge on any atom is -0.397 e. The van der Waals surface area contributed by atoms with E-state index in [9.17, 15) is 0 Å². The van der Waals surface area contributed by atoms with E-state index in [4.69, 9.17) is 10.5 Å². The van der Waals surface area contributed by atoms with Gasteiger partial charge in [0, 0.05) is 32.4 Å². The quantitative estimate of drug-likeness (QED) is 0.862. The average Bonchev–Trinajstić information content (AvgIpc) is 2.35. The van der Waals surface area contributed by atoms with E-state index in [1.165, 1.54) is 0 Å². The van der Waals surface area contributed by atoms with Crippen molar-refractivity contribution in [2.45, 2.75) is 32.4 Å². The molecule has 2 N–H and O–H groups in total. The standard InChI is InChI=1S/C13H21N3O/c1-2-17-11-5-8-16(9-6-11)10-13-12(14)4-3-7-15-13/h3-4,7,11H,2,5-6,8-10,14H2,1H3. The molecule has 0 amide bonds. The molecular formula is C13H21N3O. The molecule has 0 aliphatic carbocycles. The molecule has 4 heteroatoms. The molecule has 1 saturated heterocycles. The molecule has 1 aromatic rings. The summed E-state index contributed by atoms with van der Waals surface area (Å²) in [5.74, 6) is 0. The summed E-state index contributed by atoms with van der Waals surface area (Å²) in [4.78, 5) is 6.73. The number of aromatic nitrogens is 1. The van der Waals surface area contributed by atoms with Crippen LogP contribution in [0, 0.1) is 0 Å². The number of nitrogens with zero attached hydrogens (tertiary/aromatic N) is 2. The van der Waals surface area contributed by atoms with Gasteiger partial charge in [0.2, 0.25) is 0 Å². The summed E-state index contributed by atoms with van der Waals surface area (Å²) in [5, 5.41) is 0. The first-order valence-electron chi connectivity index (χ1n) is 6.33. The Bertz CT molecular complexity index is 348. The lowest BCUT2D eigenvalue weighted by Crippen LogP contribution is -2.36. The van der Waals surface area contributed by atoms with Crippen molar-refractivity contribution >= 4 is 5.69 Å². The highest BCUT2D eigenvalue weighted by Crippen LogP contribution is 2.17. The Morgan fingerprint density at radius 3 is 2.88 bits per heavy atom. The summed E-state index contributed by atoms with van der Waals surface area (Å²) < 4.78 is 5.64. The van der Waals surface area contributed by atoms with E-state index < -0.39 is 0 Å². The van der Waals surface area contributed by atoms with Gasteiger partial charge in [0.25, 0.3) is 0 Å². The van der Waals surface area contributed by atoms with Crippen molar-refractivity contribution in [3.8, 4) is 0 Å². The molecule has 0 unspecified atom stereocenters. The average molecular weight is 235 g/mol. The Morgan fingerprint density at radius 2 is 2.24 bits per heavy atom. The van der Waals surface area contributed by atoms with Gasteiger partial charge in [0.1, 0.15) is 0 Å². The van der Waals surface area contributed by atoms with Crippen LogP contribution in [-0.2, 0) is 11.3 Å². The van der Waals surface area contributed by atoms with Gasteiger partial charge in [0.05, 0.1) is 17.5 Å². The lowest BCUT2D eigenvalue weighted by Gasteiger charge is -2.31. The third kappa shape index (κ3) is 3.41. The van der Waals surface area contributed by atoms with Crippen molar-refractivity contribution in [3.05, 3.63) is 24.0 Å². The summed E-state index contributed by atoms with van der Waals surface area (Å²) >= 11 is 0. The van der Waals surface area contributed by atoms with E-state index in [0.717, 1.165) is 50.5 Å². The number of anilines is 1. The van der Waals surface area contributed by atoms with Crippen molar-refractivity contribution in [2.75, 3.05) is 25.4 Å². The van der Waals surface area contributed by atoms with Crippen LogP contribution in [0.4, 0.5) is 5.69 Å². The van der Waals surface area contributed by atoms with Crippen LogP contribution in [0.5, 0.6) is 0 Å². The predicted octanol–water partition coefficient (Wildman–Crippen LogP) is 1.66. The second kappa shape index (κ2) is 5.98. The van der Waals surface area contributed by atoms with Crippen LogP contribution in [0.25, 0.3) is 0 Å². The summed E-state index contributed by atoms with van der Waals surface area (Å²) in [7, 11) is 0. The fourth-order valence-corrected chi connectivity index (χ4v) is 2.26. The molecule has 4 nitrogen and oxygen atoms in total. The summed E-state index contributed by atoms with van der Waals surface area (Å²) in [6.45, 7) is 5.87. The molecular weight excluding hydrogens is 214 g/mol. The largest absolute Gasteiger partial charge is 0.397 e. The Balaban J connectivity index is 1.84. The number of hydrogen-bond acceptors (Lipinski definition) is 4. The molecule has 0 radical (unpaired) electrons. The summed E-state index contributed by atoms with van der Waals surface area (Å²) in [6, 6.07) is 3.79. The maximum atomic E-state index is 5.90. The first kappa shape index (κ1) is 12.3. The highest BCUT2D eigenvalue weighted by molar-refractivity contribution is 5.41. The van der Waals surface area contributed by atoms with E-state index >= 15 is 0 Å². The van der Waals surface area contributed by atoms with Crippen LogP contribution in [0.1, 0.15) is 25.5 Å². The summed E-state index contributed by atoms with van der Waals surface area (Å²) in [5.41, 5.74) is 7.68. The fourth-order valence-electron chi connectivity index (χ4n) is 2.26. The lowest BCUT2D eigenvalue weighted by molar-refractivity contribution is 0.0123. The number of likely N-dealkylation sites (tertiary alicyclic amines) is 1. The van der Waals surface area contributed by atoms with Crippen molar-refractivity contribution in [3.63, 3.8) is 0 Å². The maximum Gasteiger partial charge on any atom is 0.0772 e. The molecule has 94 valence electrons. The third-order valence-electron chi connectivity index (χ3n) is 3.24. The highest BCUT2D eigenvalue weighted by atomic mass is 16.5. The maximum absolute atomic E-state index is 5.90. The number of nitrogens with two attached hydrogens (primary N) is 1. The van der Waals surface area contributed by atoms with Gasteiger partial charge in [-0.25, -0.2) is 0 Å². The Hall–Kier alpha value is -1.13. The molecule has 0 bridgehead atoms. The number of rotatable bonds is 4. The van der Waals surface area contributed by atoms with Crippen molar-refractivity contribution in [2.24, 2.45) is 0 Å². The third-order valence-corrected chi connectivity index (χ3v) is 3.24. The lowest BCUT2D eigenvalue weighted by atomic mass is 10.1. The van der Waals surface area contributed by atoms with E-state index in [0.29, 0.717) is 6.10 Å². The molecule has 1 aliphatic heterocycles.